The van der Waals surface area contributed by atoms with Crippen molar-refractivity contribution >= 4 is 8.56 Å². The summed E-state index contributed by atoms with van der Waals surface area (Å²) in [4.78, 5) is 0. The smallest absolute Gasteiger partial charge is 0.349 e. The van der Waals surface area contributed by atoms with Crippen LogP contribution >= 0.6 is 0 Å². The molecule has 24 heavy (non-hydrogen) atoms. The summed E-state index contributed by atoms with van der Waals surface area (Å²) in [6, 6.07) is 0. The van der Waals surface area contributed by atoms with Crippen LogP contribution in [0.1, 0.15) is 54.4 Å². The molecule has 0 aromatic carbocycles. The predicted octanol–water partition coefficient (Wildman–Crippen LogP) is 4.09. The van der Waals surface area contributed by atoms with Crippen LogP contribution in [0.25, 0.3) is 0 Å². The summed E-state index contributed by atoms with van der Waals surface area (Å²) in [6.07, 6.45) is 5.89. The molecular formula is C19H34O4Si. The van der Waals surface area contributed by atoms with Gasteiger partial charge < -0.3 is 18.7 Å². The summed E-state index contributed by atoms with van der Waals surface area (Å²) in [5.74, 6) is 0. The Morgan fingerprint density at radius 3 is 2.33 bits per heavy atom. The Kier molecular flexibility index (Phi) is 5.82. The van der Waals surface area contributed by atoms with Gasteiger partial charge in [0.05, 0.1) is 24.9 Å². The second-order valence-electron chi connectivity index (χ2n) is 8.98. The van der Waals surface area contributed by atoms with Gasteiger partial charge in [0.1, 0.15) is 6.10 Å². The van der Waals surface area contributed by atoms with Crippen molar-refractivity contribution in [2.24, 2.45) is 0 Å². The number of hydrogen-bond acceptors (Lipinski definition) is 4. The van der Waals surface area contributed by atoms with Crippen molar-refractivity contribution in [1.82, 2.24) is 0 Å². The molecule has 1 fully saturated rings. The van der Waals surface area contributed by atoms with Crippen LogP contribution < -0.4 is 0 Å². The Morgan fingerprint density at radius 2 is 1.79 bits per heavy atom. The third-order valence-electron chi connectivity index (χ3n) is 4.99. The van der Waals surface area contributed by atoms with E-state index in [0.717, 1.165) is 6.42 Å². The van der Waals surface area contributed by atoms with Gasteiger partial charge in [0.15, 0.2) is 0 Å². The first-order valence-corrected chi connectivity index (χ1v) is 10.8. The standard InChI is InChI=1S/C19H34O4Si/c1-8-10-15-14(20)11-9-12-16-17(22-15)13-21-24(23-16,18(2,3)4)19(5,6)7/h8-9,11,14-17,20H,1,10,12-13H2,2-7H3/b11-9-/t14-,15+,16+,17-/m0/s1. The quantitative estimate of drug-likeness (QED) is 0.599. The molecule has 138 valence electrons. The Morgan fingerprint density at radius 1 is 1.17 bits per heavy atom. The first-order valence-electron chi connectivity index (χ1n) is 8.95. The van der Waals surface area contributed by atoms with E-state index in [1.807, 2.05) is 12.2 Å². The van der Waals surface area contributed by atoms with E-state index in [0.29, 0.717) is 13.0 Å². The fourth-order valence-corrected chi connectivity index (χ4v) is 8.97. The van der Waals surface area contributed by atoms with Crippen molar-refractivity contribution in [1.29, 1.82) is 0 Å². The molecule has 0 bridgehead atoms. The molecule has 2 heterocycles. The minimum Gasteiger partial charge on any atom is -0.391 e. The Bertz CT molecular complexity index is 461. The number of fused-ring (bicyclic) bond motifs is 1. The SMILES string of the molecule is C=CC[C@H]1O[C@H]2CO[Si](C(C)(C)C)(C(C)(C)C)O[C@@H]2C/C=C\[C@@H]1O. The van der Waals surface area contributed by atoms with Gasteiger partial charge in [-0.2, -0.15) is 0 Å². The maximum absolute atomic E-state index is 10.2. The Balaban J connectivity index is 2.29. The highest BCUT2D eigenvalue weighted by Crippen LogP contribution is 2.54. The lowest BCUT2D eigenvalue weighted by molar-refractivity contribution is -0.149. The molecule has 0 saturated carbocycles. The molecule has 0 aliphatic carbocycles. The van der Waals surface area contributed by atoms with Crippen molar-refractivity contribution < 1.29 is 18.7 Å². The third kappa shape index (κ3) is 3.70. The first kappa shape index (κ1) is 19.9. The topological polar surface area (TPSA) is 47.9 Å². The number of aliphatic hydroxyl groups excluding tert-OH is 1. The lowest BCUT2D eigenvalue weighted by atomic mass is 10.0. The van der Waals surface area contributed by atoms with Crippen LogP contribution in [-0.4, -0.2) is 44.7 Å². The van der Waals surface area contributed by atoms with Crippen LogP contribution in [0.4, 0.5) is 0 Å². The fraction of sp³-hybridized carbons (Fsp3) is 0.789. The van der Waals surface area contributed by atoms with Gasteiger partial charge in [-0.05, 0) is 12.8 Å². The van der Waals surface area contributed by atoms with Gasteiger partial charge in [0.2, 0.25) is 0 Å². The van der Waals surface area contributed by atoms with Crippen LogP contribution in [0.15, 0.2) is 24.8 Å². The number of hydrogen-bond donors (Lipinski definition) is 1. The zero-order chi connectivity index (χ0) is 18.2. The average molecular weight is 355 g/mol. The van der Waals surface area contributed by atoms with Crippen LogP contribution in [0, 0.1) is 0 Å². The lowest BCUT2D eigenvalue weighted by Gasteiger charge is -2.55. The van der Waals surface area contributed by atoms with Crippen LogP contribution in [0.5, 0.6) is 0 Å². The molecule has 4 atom stereocenters. The molecule has 0 aromatic heterocycles. The molecule has 0 aromatic rings. The zero-order valence-electron chi connectivity index (χ0n) is 16.0. The second kappa shape index (κ2) is 7.04. The molecule has 0 spiro atoms. The van der Waals surface area contributed by atoms with Crippen LogP contribution in [-0.2, 0) is 13.6 Å². The number of rotatable bonds is 2. The highest BCUT2D eigenvalue weighted by molar-refractivity contribution is 6.73. The van der Waals surface area contributed by atoms with Gasteiger partial charge in [-0.1, -0.05) is 59.8 Å². The van der Waals surface area contributed by atoms with Gasteiger partial charge >= 0.3 is 8.56 Å². The maximum atomic E-state index is 10.2. The van der Waals surface area contributed by atoms with E-state index in [1.165, 1.54) is 0 Å². The first-order chi connectivity index (χ1) is 11.0. The molecule has 4 nitrogen and oxygen atoms in total. The highest BCUT2D eigenvalue weighted by atomic mass is 28.4. The van der Waals surface area contributed by atoms with Gasteiger partial charge in [0, 0.05) is 10.1 Å². The van der Waals surface area contributed by atoms with E-state index < -0.39 is 14.7 Å². The molecule has 2 rings (SSSR count). The molecule has 0 unspecified atom stereocenters. The molecular weight excluding hydrogens is 320 g/mol. The van der Waals surface area contributed by atoms with Gasteiger partial charge in [0.25, 0.3) is 0 Å². The normalized spacial score (nSPS) is 35.5. The molecule has 1 saturated heterocycles. The summed E-state index contributed by atoms with van der Waals surface area (Å²) < 4.78 is 19.4. The maximum Gasteiger partial charge on any atom is 0.349 e. The summed E-state index contributed by atoms with van der Waals surface area (Å²) in [5, 5.41) is 10.1. The third-order valence-corrected chi connectivity index (χ3v) is 10.1. The minimum absolute atomic E-state index is 0.0278. The van der Waals surface area contributed by atoms with Crippen molar-refractivity contribution in [2.45, 2.75) is 88.9 Å². The van der Waals surface area contributed by atoms with E-state index in [9.17, 15) is 5.11 Å². The molecule has 0 radical (unpaired) electrons. The molecule has 1 N–H and O–H groups in total. The van der Waals surface area contributed by atoms with Crippen molar-refractivity contribution in [3.8, 4) is 0 Å². The van der Waals surface area contributed by atoms with Gasteiger partial charge in [-0.25, -0.2) is 0 Å². The van der Waals surface area contributed by atoms with Crippen LogP contribution in [0.3, 0.4) is 0 Å². The number of aliphatic hydroxyl groups is 1. The average Bonchev–Trinajstić information content (AvgIpc) is 2.43. The Labute approximate surface area is 148 Å². The van der Waals surface area contributed by atoms with Crippen molar-refractivity contribution in [2.75, 3.05) is 6.61 Å². The second-order valence-corrected chi connectivity index (χ2v) is 13.7. The summed E-state index contributed by atoms with van der Waals surface area (Å²) in [6.45, 7) is 17.6. The van der Waals surface area contributed by atoms with Crippen molar-refractivity contribution in [3.63, 3.8) is 0 Å². The zero-order valence-corrected chi connectivity index (χ0v) is 17.0. The van der Waals surface area contributed by atoms with Gasteiger partial charge in [-0.3, -0.25) is 0 Å². The Hall–Kier alpha value is -0.463. The van der Waals surface area contributed by atoms with Gasteiger partial charge in [-0.15, -0.1) is 6.58 Å². The highest BCUT2D eigenvalue weighted by Gasteiger charge is 2.62. The van der Waals surface area contributed by atoms with E-state index in [4.69, 9.17) is 13.6 Å². The molecule has 2 aliphatic rings. The lowest BCUT2D eigenvalue weighted by Crippen LogP contribution is -2.65. The van der Waals surface area contributed by atoms with E-state index in [2.05, 4.69) is 48.1 Å². The van der Waals surface area contributed by atoms with E-state index >= 15 is 0 Å². The van der Waals surface area contributed by atoms with E-state index in [1.54, 1.807) is 6.08 Å². The summed E-state index contributed by atoms with van der Waals surface area (Å²) in [7, 11) is -2.49. The molecule has 5 heteroatoms. The molecule has 2 aliphatic heterocycles. The minimum atomic E-state index is -2.49. The predicted molar refractivity (Wildman–Crippen MR) is 99.2 cm³/mol. The summed E-state index contributed by atoms with van der Waals surface area (Å²) >= 11 is 0. The fourth-order valence-electron chi connectivity index (χ4n) is 4.01. The summed E-state index contributed by atoms with van der Waals surface area (Å²) in [5.41, 5.74) is 0. The monoisotopic (exact) mass is 354 g/mol. The number of ether oxygens (including phenoxy) is 1. The molecule has 0 amide bonds. The van der Waals surface area contributed by atoms with Crippen LogP contribution in [0.2, 0.25) is 10.1 Å². The van der Waals surface area contributed by atoms with E-state index in [-0.39, 0.29) is 28.4 Å². The van der Waals surface area contributed by atoms with Crippen molar-refractivity contribution in [3.05, 3.63) is 24.8 Å². The largest absolute Gasteiger partial charge is 0.391 e.